The van der Waals surface area contributed by atoms with Gasteiger partial charge in [-0.3, -0.25) is 14.5 Å². The summed E-state index contributed by atoms with van der Waals surface area (Å²) in [7, 11) is 0. The van der Waals surface area contributed by atoms with Crippen molar-refractivity contribution < 1.29 is 18.7 Å². The first-order valence-electron chi connectivity index (χ1n) is 8.08. The Balaban J connectivity index is 1.63. The molecule has 2 saturated heterocycles. The lowest BCUT2D eigenvalue weighted by molar-refractivity contribution is -0.126. The lowest BCUT2D eigenvalue weighted by atomic mass is 10.1. The van der Waals surface area contributed by atoms with Crippen LogP contribution in [0.4, 0.5) is 0 Å². The fraction of sp³-hybridized carbons (Fsp3) is 0.625. The Morgan fingerprint density at radius 1 is 1.43 bits per heavy atom. The molecule has 0 saturated carbocycles. The van der Waals surface area contributed by atoms with Crippen LogP contribution in [0.15, 0.2) is 16.5 Å². The standard InChI is InChI=1S/C16H23N3O4/c1-11-2-4-14(23-11)13(19-6-8-22-9-7-19)10-17-16(21)12-3-5-15(20)18-12/h2,4,12-13H,3,5-10H2,1H3,(H,17,21)(H,18,20)/t12-,13+/m0/s1. The predicted molar refractivity (Wildman–Crippen MR) is 82.8 cm³/mol. The minimum absolute atomic E-state index is 0.0198. The number of nitrogens with zero attached hydrogens (tertiary/aromatic N) is 1. The lowest BCUT2D eigenvalue weighted by Gasteiger charge is -2.33. The Morgan fingerprint density at radius 3 is 2.83 bits per heavy atom. The minimum atomic E-state index is -0.411. The van der Waals surface area contributed by atoms with Crippen LogP contribution in [0.3, 0.4) is 0 Å². The van der Waals surface area contributed by atoms with Gasteiger partial charge in [-0.1, -0.05) is 0 Å². The maximum atomic E-state index is 12.2. The highest BCUT2D eigenvalue weighted by Gasteiger charge is 2.30. The van der Waals surface area contributed by atoms with Gasteiger partial charge >= 0.3 is 0 Å². The second kappa shape index (κ2) is 7.14. The van der Waals surface area contributed by atoms with Crippen molar-refractivity contribution in [3.63, 3.8) is 0 Å². The van der Waals surface area contributed by atoms with Gasteiger partial charge in [-0.2, -0.15) is 0 Å². The number of nitrogens with one attached hydrogen (secondary N) is 2. The Labute approximate surface area is 135 Å². The van der Waals surface area contributed by atoms with Crippen LogP contribution in [-0.2, 0) is 14.3 Å². The van der Waals surface area contributed by atoms with Gasteiger partial charge in [0, 0.05) is 26.1 Å². The number of aryl methyl sites for hydroxylation is 1. The molecule has 1 aromatic rings. The topological polar surface area (TPSA) is 83.8 Å². The van der Waals surface area contributed by atoms with Gasteiger partial charge in [-0.05, 0) is 25.5 Å². The van der Waals surface area contributed by atoms with E-state index in [4.69, 9.17) is 9.15 Å². The number of amides is 2. The van der Waals surface area contributed by atoms with Gasteiger partial charge < -0.3 is 19.8 Å². The normalized spacial score (nSPS) is 23.5. The van der Waals surface area contributed by atoms with E-state index in [2.05, 4.69) is 15.5 Å². The van der Waals surface area contributed by atoms with Crippen molar-refractivity contribution >= 4 is 11.8 Å². The summed E-state index contributed by atoms with van der Waals surface area (Å²) >= 11 is 0. The van der Waals surface area contributed by atoms with Gasteiger partial charge in [0.1, 0.15) is 17.6 Å². The van der Waals surface area contributed by atoms with E-state index in [1.54, 1.807) is 0 Å². The molecule has 2 atom stereocenters. The van der Waals surface area contributed by atoms with Crippen LogP contribution in [0.25, 0.3) is 0 Å². The number of furan rings is 1. The van der Waals surface area contributed by atoms with Crippen molar-refractivity contribution in [3.8, 4) is 0 Å². The third kappa shape index (κ3) is 3.92. The molecule has 0 radical (unpaired) electrons. The van der Waals surface area contributed by atoms with Crippen LogP contribution >= 0.6 is 0 Å². The number of hydrogen-bond acceptors (Lipinski definition) is 5. The summed E-state index contributed by atoms with van der Waals surface area (Å²) < 4.78 is 11.2. The Bertz CT molecular complexity index is 565. The molecule has 7 nitrogen and oxygen atoms in total. The van der Waals surface area contributed by atoms with Crippen LogP contribution in [0.5, 0.6) is 0 Å². The Morgan fingerprint density at radius 2 is 2.22 bits per heavy atom. The fourth-order valence-corrected chi connectivity index (χ4v) is 3.06. The summed E-state index contributed by atoms with van der Waals surface area (Å²) in [5.74, 6) is 1.52. The van der Waals surface area contributed by atoms with Gasteiger partial charge in [0.15, 0.2) is 0 Å². The molecule has 3 heterocycles. The predicted octanol–water partition coefficient (Wildman–Crippen LogP) is 0.356. The molecule has 126 valence electrons. The van der Waals surface area contributed by atoms with E-state index in [-0.39, 0.29) is 17.9 Å². The molecule has 2 aliphatic heterocycles. The van der Waals surface area contributed by atoms with Gasteiger partial charge in [0.2, 0.25) is 11.8 Å². The lowest BCUT2D eigenvalue weighted by Crippen LogP contribution is -2.47. The van der Waals surface area contributed by atoms with E-state index in [1.807, 2.05) is 19.1 Å². The highest BCUT2D eigenvalue weighted by Crippen LogP contribution is 2.23. The van der Waals surface area contributed by atoms with E-state index in [0.717, 1.165) is 24.6 Å². The first-order chi connectivity index (χ1) is 11.1. The molecule has 2 aliphatic rings. The van der Waals surface area contributed by atoms with Gasteiger partial charge in [-0.15, -0.1) is 0 Å². The fourth-order valence-electron chi connectivity index (χ4n) is 3.06. The van der Waals surface area contributed by atoms with Crippen LogP contribution in [0.2, 0.25) is 0 Å². The number of carbonyl (C=O) groups excluding carboxylic acids is 2. The summed E-state index contributed by atoms with van der Waals surface area (Å²) in [6, 6.07) is 3.46. The third-order valence-corrected chi connectivity index (χ3v) is 4.36. The molecule has 1 aromatic heterocycles. The number of morpholine rings is 1. The van der Waals surface area contributed by atoms with Crippen LogP contribution in [0.1, 0.15) is 30.4 Å². The van der Waals surface area contributed by atoms with E-state index in [1.165, 1.54) is 0 Å². The summed E-state index contributed by atoms with van der Waals surface area (Å²) in [5, 5.41) is 5.65. The van der Waals surface area contributed by atoms with Gasteiger partial charge in [0.25, 0.3) is 0 Å². The van der Waals surface area contributed by atoms with Crippen molar-refractivity contribution in [2.45, 2.75) is 31.8 Å². The molecule has 23 heavy (non-hydrogen) atoms. The van der Waals surface area contributed by atoms with Crippen molar-refractivity contribution in [3.05, 3.63) is 23.7 Å². The number of ether oxygens (including phenoxy) is 1. The molecule has 0 bridgehead atoms. The molecular formula is C16H23N3O4. The quantitative estimate of drug-likeness (QED) is 0.818. The van der Waals surface area contributed by atoms with Gasteiger partial charge in [-0.25, -0.2) is 0 Å². The second-order valence-corrected chi connectivity index (χ2v) is 6.02. The molecule has 3 rings (SSSR count). The molecule has 2 N–H and O–H groups in total. The molecule has 2 amide bonds. The first kappa shape index (κ1) is 16.0. The smallest absolute Gasteiger partial charge is 0.242 e. The highest BCUT2D eigenvalue weighted by atomic mass is 16.5. The molecule has 0 spiro atoms. The molecular weight excluding hydrogens is 298 g/mol. The van der Waals surface area contributed by atoms with Crippen molar-refractivity contribution in [1.29, 1.82) is 0 Å². The minimum Gasteiger partial charge on any atom is -0.465 e. The maximum absolute atomic E-state index is 12.2. The average Bonchev–Trinajstić information content (AvgIpc) is 3.17. The van der Waals surface area contributed by atoms with Crippen molar-refractivity contribution in [2.75, 3.05) is 32.8 Å². The summed E-state index contributed by atoms with van der Waals surface area (Å²) in [4.78, 5) is 25.7. The monoisotopic (exact) mass is 321 g/mol. The number of hydrogen-bond donors (Lipinski definition) is 2. The Hall–Kier alpha value is -1.86. The zero-order valence-electron chi connectivity index (χ0n) is 13.3. The van der Waals surface area contributed by atoms with E-state index in [9.17, 15) is 9.59 Å². The zero-order valence-corrected chi connectivity index (χ0v) is 13.3. The maximum Gasteiger partial charge on any atom is 0.242 e. The SMILES string of the molecule is Cc1ccc([C@@H](CNC(=O)[C@@H]2CCC(=O)N2)N2CCOCC2)o1. The van der Waals surface area contributed by atoms with Gasteiger partial charge in [0.05, 0.1) is 19.3 Å². The van der Waals surface area contributed by atoms with E-state index in [0.29, 0.717) is 32.6 Å². The molecule has 0 aromatic carbocycles. The van der Waals surface area contributed by atoms with Crippen LogP contribution < -0.4 is 10.6 Å². The molecule has 0 aliphatic carbocycles. The largest absolute Gasteiger partial charge is 0.465 e. The molecule has 2 fully saturated rings. The summed E-state index contributed by atoms with van der Waals surface area (Å²) in [6.07, 6.45) is 0.981. The second-order valence-electron chi connectivity index (χ2n) is 6.02. The molecule has 0 unspecified atom stereocenters. The van der Waals surface area contributed by atoms with E-state index >= 15 is 0 Å². The van der Waals surface area contributed by atoms with Crippen molar-refractivity contribution in [1.82, 2.24) is 15.5 Å². The summed E-state index contributed by atoms with van der Waals surface area (Å²) in [5.41, 5.74) is 0. The van der Waals surface area contributed by atoms with E-state index < -0.39 is 6.04 Å². The van der Waals surface area contributed by atoms with Crippen molar-refractivity contribution in [2.24, 2.45) is 0 Å². The number of carbonyl (C=O) groups is 2. The van der Waals surface area contributed by atoms with Crippen LogP contribution in [0, 0.1) is 6.92 Å². The molecule has 7 heteroatoms. The average molecular weight is 321 g/mol. The first-order valence-corrected chi connectivity index (χ1v) is 8.08. The third-order valence-electron chi connectivity index (χ3n) is 4.36. The zero-order chi connectivity index (χ0) is 16.2. The summed E-state index contributed by atoms with van der Waals surface area (Å²) in [6.45, 7) is 5.34. The number of rotatable bonds is 5. The Kier molecular flexibility index (Phi) is 4.97. The van der Waals surface area contributed by atoms with Crippen LogP contribution in [-0.4, -0.2) is 55.6 Å². The highest BCUT2D eigenvalue weighted by molar-refractivity contribution is 5.90.